The van der Waals surface area contributed by atoms with Crippen molar-refractivity contribution < 1.29 is 13.2 Å². The van der Waals surface area contributed by atoms with Crippen LogP contribution >= 0.6 is 0 Å². The van der Waals surface area contributed by atoms with Crippen molar-refractivity contribution in [1.29, 1.82) is 0 Å². The number of hydrogen-bond acceptors (Lipinski definition) is 5. The van der Waals surface area contributed by atoms with Crippen LogP contribution in [0.15, 0.2) is 6.20 Å². The number of hydrogen-bond donors (Lipinski definition) is 0. The number of aromatic nitrogens is 2. The molecule has 4 rings (SSSR count). The van der Waals surface area contributed by atoms with Crippen LogP contribution in [-0.4, -0.2) is 83.2 Å². The first-order chi connectivity index (χ1) is 13.8. The molecule has 3 aliphatic rings. The number of likely N-dealkylation sites (tertiary alicyclic amines) is 2. The number of piperidine rings is 1. The summed E-state index contributed by atoms with van der Waals surface area (Å²) in [7, 11) is -1.62. The second-order valence-corrected chi connectivity index (χ2v) is 11.0. The van der Waals surface area contributed by atoms with Crippen LogP contribution in [0.3, 0.4) is 0 Å². The van der Waals surface area contributed by atoms with Crippen molar-refractivity contribution in [1.82, 2.24) is 23.9 Å². The Hall–Kier alpha value is -1.45. The summed E-state index contributed by atoms with van der Waals surface area (Å²) in [6, 6.07) is -0.245. The predicted molar refractivity (Wildman–Crippen MR) is 111 cm³/mol. The van der Waals surface area contributed by atoms with E-state index in [0.717, 1.165) is 51.3 Å². The van der Waals surface area contributed by atoms with Gasteiger partial charge in [0.1, 0.15) is 0 Å². The molecule has 0 spiro atoms. The summed E-state index contributed by atoms with van der Waals surface area (Å²) < 4.78 is 28.6. The van der Waals surface area contributed by atoms with Gasteiger partial charge in [-0.15, -0.1) is 0 Å². The molecule has 0 radical (unpaired) electrons. The summed E-state index contributed by atoms with van der Waals surface area (Å²) in [6.07, 6.45) is 5.12. The molecule has 0 bridgehead atoms. The number of nitrogens with zero attached hydrogens (tertiary/aromatic N) is 5. The second-order valence-electron chi connectivity index (χ2n) is 8.82. The number of aryl methyl sites for hydroxylation is 1. The van der Waals surface area contributed by atoms with Gasteiger partial charge in [-0.2, -0.15) is 5.10 Å². The van der Waals surface area contributed by atoms with Gasteiger partial charge in [0.25, 0.3) is 0 Å². The summed E-state index contributed by atoms with van der Waals surface area (Å²) >= 11 is 0. The van der Waals surface area contributed by atoms with E-state index in [-0.39, 0.29) is 17.7 Å². The molecular weight excluding hydrogens is 390 g/mol. The summed E-state index contributed by atoms with van der Waals surface area (Å²) in [5.74, 6) is 0.215. The van der Waals surface area contributed by atoms with Crippen LogP contribution in [0.4, 0.5) is 0 Å². The molecule has 3 aliphatic heterocycles. The van der Waals surface area contributed by atoms with Crippen molar-refractivity contribution in [2.45, 2.75) is 58.7 Å². The quantitative estimate of drug-likeness (QED) is 0.724. The third-order valence-corrected chi connectivity index (χ3v) is 9.12. The normalized spacial score (nSPS) is 30.4. The Morgan fingerprint density at radius 1 is 1.28 bits per heavy atom. The molecule has 3 fully saturated rings. The SMILES string of the molecule is CCn1ncc(CN2CC[C@H]3N(C)S(=O)(=O)CC[C@]3(C(=O)N3CCCC3)C2)c1C. The minimum atomic E-state index is -3.28. The Labute approximate surface area is 173 Å². The number of carbonyl (C=O) groups excluding carboxylic acids is 1. The highest BCUT2D eigenvalue weighted by Gasteiger charge is 2.57. The van der Waals surface area contributed by atoms with Gasteiger partial charge in [-0.1, -0.05) is 0 Å². The van der Waals surface area contributed by atoms with E-state index in [2.05, 4.69) is 23.8 Å². The van der Waals surface area contributed by atoms with Crippen molar-refractivity contribution in [2.75, 3.05) is 39.0 Å². The number of sulfonamides is 1. The lowest BCUT2D eigenvalue weighted by molar-refractivity contribution is -0.150. The Balaban J connectivity index is 1.62. The van der Waals surface area contributed by atoms with Crippen LogP contribution in [0, 0.1) is 12.3 Å². The van der Waals surface area contributed by atoms with Crippen molar-refractivity contribution in [3.8, 4) is 0 Å². The van der Waals surface area contributed by atoms with E-state index in [9.17, 15) is 13.2 Å². The molecule has 1 amide bonds. The highest BCUT2D eigenvalue weighted by molar-refractivity contribution is 7.89. The minimum Gasteiger partial charge on any atom is -0.342 e. The molecule has 8 nitrogen and oxygen atoms in total. The molecule has 0 aliphatic carbocycles. The lowest BCUT2D eigenvalue weighted by Gasteiger charge is -2.53. The van der Waals surface area contributed by atoms with E-state index in [0.29, 0.717) is 19.4 Å². The van der Waals surface area contributed by atoms with Gasteiger partial charge in [0, 0.05) is 63.6 Å². The third-order valence-electron chi connectivity index (χ3n) is 7.26. The fourth-order valence-corrected chi connectivity index (χ4v) is 7.08. The molecule has 0 N–H and O–H groups in total. The van der Waals surface area contributed by atoms with Crippen LogP contribution in [0.1, 0.15) is 43.9 Å². The van der Waals surface area contributed by atoms with Crippen molar-refractivity contribution >= 4 is 15.9 Å². The Kier molecular flexibility index (Phi) is 5.50. The molecule has 2 atom stereocenters. The van der Waals surface area contributed by atoms with Gasteiger partial charge >= 0.3 is 0 Å². The van der Waals surface area contributed by atoms with Gasteiger partial charge in [-0.3, -0.25) is 14.4 Å². The minimum absolute atomic E-state index is 0.0558. The maximum atomic E-state index is 13.7. The van der Waals surface area contributed by atoms with Gasteiger partial charge in [0.2, 0.25) is 15.9 Å². The zero-order valence-electron chi connectivity index (χ0n) is 17.8. The summed E-state index contributed by atoms with van der Waals surface area (Å²) in [5, 5.41) is 4.46. The average molecular weight is 424 g/mol. The van der Waals surface area contributed by atoms with Crippen molar-refractivity contribution in [3.63, 3.8) is 0 Å². The van der Waals surface area contributed by atoms with E-state index in [1.54, 1.807) is 7.05 Å². The zero-order valence-corrected chi connectivity index (χ0v) is 18.6. The number of amides is 1. The topological polar surface area (TPSA) is 78.8 Å². The number of carbonyl (C=O) groups is 1. The molecule has 1 aromatic heterocycles. The fourth-order valence-electron chi connectivity index (χ4n) is 5.48. The van der Waals surface area contributed by atoms with E-state index >= 15 is 0 Å². The van der Waals surface area contributed by atoms with E-state index in [1.807, 2.05) is 15.8 Å². The Morgan fingerprint density at radius 2 is 2.00 bits per heavy atom. The molecule has 9 heteroatoms. The highest BCUT2D eigenvalue weighted by atomic mass is 32.2. The van der Waals surface area contributed by atoms with E-state index < -0.39 is 15.4 Å². The highest BCUT2D eigenvalue weighted by Crippen LogP contribution is 2.44. The lowest BCUT2D eigenvalue weighted by Crippen LogP contribution is -2.67. The molecule has 0 saturated carbocycles. The molecule has 3 saturated heterocycles. The van der Waals surface area contributed by atoms with Crippen molar-refractivity contribution in [3.05, 3.63) is 17.5 Å². The molecule has 0 unspecified atom stereocenters. The van der Waals surface area contributed by atoms with Gasteiger partial charge in [0.05, 0.1) is 17.4 Å². The monoisotopic (exact) mass is 423 g/mol. The van der Waals surface area contributed by atoms with Gasteiger partial charge in [-0.05, 0) is 39.5 Å². The second kappa shape index (κ2) is 7.67. The summed E-state index contributed by atoms with van der Waals surface area (Å²) in [5.41, 5.74) is 1.71. The molecule has 0 aromatic carbocycles. The molecule has 1 aromatic rings. The van der Waals surface area contributed by atoms with Gasteiger partial charge in [-0.25, -0.2) is 12.7 Å². The van der Waals surface area contributed by atoms with Gasteiger partial charge < -0.3 is 4.90 Å². The van der Waals surface area contributed by atoms with Crippen LogP contribution in [0.5, 0.6) is 0 Å². The molecule has 29 heavy (non-hydrogen) atoms. The molecule has 162 valence electrons. The van der Waals surface area contributed by atoms with Crippen LogP contribution in [0.25, 0.3) is 0 Å². The Morgan fingerprint density at radius 3 is 2.66 bits per heavy atom. The average Bonchev–Trinajstić information content (AvgIpc) is 3.35. The first-order valence-electron chi connectivity index (χ1n) is 10.8. The largest absolute Gasteiger partial charge is 0.342 e. The molecular formula is C20H33N5O3S. The maximum Gasteiger partial charge on any atom is 0.231 e. The van der Waals surface area contributed by atoms with Crippen LogP contribution in [0.2, 0.25) is 0 Å². The standard InChI is InChI=1S/C20H33N5O3S/c1-4-25-16(2)17(13-21-25)14-23-11-7-18-20(15-23,8-12-29(27,28)22(18)3)19(26)24-9-5-6-10-24/h13,18H,4-12,14-15H2,1-3H3/t18-,20+/m1/s1. The lowest BCUT2D eigenvalue weighted by atomic mass is 9.71. The summed E-state index contributed by atoms with van der Waals surface area (Å²) in [6.45, 7) is 8.76. The summed E-state index contributed by atoms with van der Waals surface area (Å²) in [4.78, 5) is 18.0. The smallest absolute Gasteiger partial charge is 0.231 e. The van der Waals surface area contributed by atoms with Crippen LogP contribution in [-0.2, 0) is 27.9 Å². The van der Waals surface area contributed by atoms with Crippen LogP contribution < -0.4 is 0 Å². The van der Waals surface area contributed by atoms with Gasteiger partial charge in [0.15, 0.2) is 0 Å². The zero-order chi connectivity index (χ0) is 20.8. The third kappa shape index (κ3) is 3.51. The van der Waals surface area contributed by atoms with Crippen molar-refractivity contribution in [2.24, 2.45) is 5.41 Å². The number of fused-ring (bicyclic) bond motifs is 1. The number of rotatable bonds is 4. The Bertz CT molecular complexity index is 877. The first kappa shape index (κ1) is 20.8. The fraction of sp³-hybridized carbons (Fsp3) is 0.800. The first-order valence-corrected chi connectivity index (χ1v) is 12.4. The van der Waals surface area contributed by atoms with E-state index in [1.165, 1.54) is 9.87 Å². The molecule has 4 heterocycles. The van der Waals surface area contributed by atoms with E-state index in [4.69, 9.17) is 0 Å². The maximum absolute atomic E-state index is 13.7. The predicted octanol–water partition coefficient (Wildman–Crippen LogP) is 1.06.